The molecule has 0 saturated carbocycles. The minimum atomic E-state index is -0.398. The molecule has 0 aliphatic heterocycles. The summed E-state index contributed by atoms with van der Waals surface area (Å²) in [6, 6.07) is 8.76. The van der Waals surface area contributed by atoms with Gasteiger partial charge < -0.3 is 10.1 Å². The highest BCUT2D eigenvalue weighted by atomic mass is 16.5. The molecule has 35 heavy (non-hydrogen) atoms. The van der Waals surface area contributed by atoms with Crippen LogP contribution in [0.2, 0.25) is 0 Å². The fraction of sp³-hybridized carbons (Fsp3) is 0.355. The molecule has 0 aromatic heterocycles. The van der Waals surface area contributed by atoms with E-state index >= 15 is 0 Å². The van der Waals surface area contributed by atoms with Crippen LogP contribution in [0.4, 0.5) is 0 Å². The Morgan fingerprint density at radius 1 is 0.743 bits per heavy atom. The van der Waals surface area contributed by atoms with Gasteiger partial charge in [0.15, 0.2) is 0 Å². The highest BCUT2D eigenvalue weighted by molar-refractivity contribution is 5.89. The Hall–Kier alpha value is -3.40. The van der Waals surface area contributed by atoms with Gasteiger partial charge in [0, 0.05) is 6.08 Å². The van der Waals surface area contributed by atoms with E-state index in [0.717, 1.165) is 6.42 Å². The van der Waals surface area contributed by atoms with Crippen molar-refractivity contribution in [2.45, 2.75) is 58.3 Å². The molecule has 0 atom stereocenters. The maximum absolute atomic E-state index is 11.8. The Labute approximate surface area is 211 Å². The first-order valence-electron chi connectivity index (χ1n) is 12.7. The monoisotopic (exact) mass is 475 g/mol. The third kappa shape index (κ3) is 18.7. The number of unbranched alkanes of at least 4 members (excludes halogenated alkanes) is 7. The standard InChI is InChI=1S/C31H41NO3/c1-2-3-4-5-6-7-8-9-10-11-12-13-14-15-16-17-18-19-23-26-30(33)32-27-28-35-31(34)29-24-21-20-22-25-29/h10-26H,2-9,27-28H2,1H3,(H,32,33). The van der Waals surface area contributed by atoms with Crippen molar-refractivity contribution in [2.75, 3.05) is 13.2 Å². The highest BCUT2D eigenvalue weighted by Crippen LogP contribution is 2.08. The van der Waals surface area contributed by atoms with Crippen LogP contribution in [0.15, 0.2) is 103 Å². The molecule has 0 aliphatic rings. The van der Waals surface area contributed by atoms with E-state index in [2.05, 4.69) is 24.4 Å². The molecule has 1 N–H and O–H groups in total. The van der Waals surface area contributed by atoms with Gasteiger partial charge in [-0.1, -0.05) is 130 Å². The number of hydrogen-bond donors (Lipinski definition) is 1. The summed E-state index contributed by atoms with van der Waals surface area (Å²) in [5.41, 5.74) is 0.494. The summed E-state index contributed by atoms with van der Waals surface area (Å²) in [5, 5.41) is 2.67. The predicted molar refractivity (Wildman–Crippen MR) is 147 cm³/mol. The maximum Gasteiger partial charge on any atom is 0.338 e. The Morgan fingerprint density at radius 2 is 1.31 bits per heavy atom. The first-order valence-corrected chi connectivity index (χ1v) is 12.7. The molecule has 1 rings (SSSR count). The average molecular weight is 476 g/mol. The molecule has 0 radical (unpaired) electrons. The zero-order chi connectivity index (χ0) is 25.2. The number of hydrogen-bond acceptors (Lipinski definition) is 3. The number of allylic oxidation sites excluding steroid dienone is 11. The number of carbonyl (C=O) groups excluding carboxylic acids is 2. The molecule has 0 heterocycles. The Kier molecular flexibility index (Phi) is 19.0. The number of rotatable bonds is 18. The second-order valence-electron chi connectivity index (χ2n) is 8.03. The van der Waals surface area contributed by atoms with Crippen molar-refractivity contribution in [3.8, 4) is 0 Å². The van der Waals surface area contributed by atoms with Crippen LogP contribution in [-0.4, -0.2) is 25.0 Å². The Bertz CT molecular complexity index is 860. The fourth-order valence-electron chi connectivity index (χ4n) is 3.08. The average Bonchev–Trinajstić information content (AvgIpc) is 2.88. The second-order valence-corrected chi connectivity index (χ2v) is 8.03. The molecule has 0 bridgehead atoms. The zero-order valence-electron chi connectivity index (χ0n) is 21.1. The van der Waals surface area contributed by atoms with E-state index in [9.17, 15) is 9.59 Å². The van der Waals surface area contributed by atoms with E-state index in [-0.39, 0.29) is 19.1 Å². The molecule has 0 unspecified atom stereocenters. The normalized spacial score (nSPS) is 12.3. The summed E-state index contributed by atoms with van der Waals surface area (Å²) in [6.45, 7) is 2.64. The van der Waals surface area contributed by atoms with Gasteiger partial charge in [-0.15, -0.1) is 0 Å². The van der Waals surface area contributed by atoms with E-state index < -0.39 is 5.97 Å². The third-order valence-electron chi connectivity index (χ3n) is 5.00. The summed E-state index contributed by atoms with van der Waals surface area (Å²) in [4.78, 5) is 23.5. The SMILES string of the molecule is CCCCCCCCCC=CC=CC=CC=CC=CC=CC(=O)NCCOC(=O)c1ccccc1. The van der Waals surface area contributed by atoms with E-state index in [0.29, 0.717) is 5.56 Å². The van der Waals surface area contributed by atoms with Crippen molar-refractivity contribution in [1.82, 2.24) is 5.32 Å². The van der Waals surface area contributed by atoms with Crippen LogP contribution in [0.25, 0.3) is 0 Å². The number of carbonyl (C=O) groups is 2. The molecule has 0 fully saturated rings. The highest BCUT2D eigenvalue weighted by Gasteiger charge is 2.05. The van der Waals surface area contributed by atoms with Gasteiger partial charge in [0.05, 0.1) is 12.1 Å². The first-order chi connectivity index (χ1) is 17.2. The second kappa shape index (κ2) is 22.4. The quantitative estimate of drug-likeness (QED) is 0.104. The van der Waals surface area contributed by atoms with Crippen molar-refractivity contribution in [3.63, 3.8) is 0 Å². The molecular formula is C31H41NO3. The van der Waals surface area contributed by atoms with Crippen LogP contribution in [-0.2, 0) is 9.53 Å². The first kappa shape index (κ1) is 29.6. The topological polar surface area (TPSA) is 55.4 Å². The molecule has 188 valence electrons. The van der Waals surface area contributed by atoms with Crippen molar-refractivity contribution < 1.29 is 14.3 Å². The molecule has 1 aromatic rings. The lowest BCUT2D eigenvalue weighted by Crippen LogP contribution is -2.26. The summed E-state index contributed by atoms with van der Waals surface area (Å²) in [7, 11) is 0. The van der Waals surface area contributed by atoms with Crippen molar-refractivity contribution in [2.24, 2.45) is 0 Å². The number of esters is 1. The Morgan fingerprint density at radius 3 is 1.97 bits per heavy atom. The molecule has 0 aliphatic carbocycles. The lowest BCUT2D eigenvalue weighted by atomic mass is 10.1. The van der Waals surface area contributed by atoms with Gasteiger partial charge in [0.1, 0.15) is 6.61 Å². The van der Waals surface area contributed by atoms with Crippen LogP contribution in [0.1, 0.15) is 68.6 Å². The van der Waals surface area contributed by atoms with Gasteiger partial charge in [0.2, 0.25) is 5.91 Å². The fourth-order valence-corrected chi connectivity index (χ4v) is 3.08. The number of nitrogens with one attached hydrogen (secondary N) is 1. The number of amides is 1. The van der Waals surface area contributed by atoms with E-state index in [4.69, 9.17) is 4.74 Å². The van der Waals surface area contributed by atoms with Gasteiger partial charge in [-0.2, -0.15) is 0 Å². The van der Waals surface area contributed by atoms with Gasteiger partial charge >= 0.3 is 5.97 Å². The molecule has 4 nitrogen and oxygen atoms in total. The van der Waals surface area contributed by atoms with Crippen molar-refractivity contribution >= 4 is 11.9 Å². The molecule has 1 aromatic carbocycles. The Balaban J connectivity index is 2.04. The lowest BCUT2D eigenvalue weighted by Gasteiger charge is -2.05. The van der Waals surface area contributed by atoms with Crippen LogP contribution in [0.3, 0.4) is 0 Å². The summed E-state index contributed by atoms with van der Waals surface area (Å²) < 4.78 is 5.11. The van der Waals surface area contributed by atoms with Crippen LogP contribution in [0, 0.1) is 0 Å². The number of ether oxygens (including phenoxy) is 1. The smallest absolute Gasteiger partial charge is 0.338 e. The number of benzene rings is 1. The summed E-state index contributed by atoms with van der Waals surface area (Å²) >= 11 is 0. The van der Waals surface area contributed by atoms with Gasteiger partial charge in [0.25, 0.3) is 0 Å². The third-order valence-corrected chi connectivity index (χ3v) is 5.00. The van der Waals surface area contributed by atoms with Crippen LogP contribution >= 0.6 is 0 Å². The van der Waals surface area contributed by atoms with Crippen LogP contribution < -0.4 is 5.32 Å². The zero-order valence-corrected chi connectivity index (χ0v) is 21.1. The minimum absolute atomic E-state index is 0.127. The van der Waals surface area contributed by atoms with E-state index in [1.807, 2.05) is 48.6 Å². The summed E-state index contributed by atoms with van der Waals surface area (Å²) in [6.07, 6.45) is 33.5. The van der Waals surface area contributed by atoms with Gasteiger partial charge in [-0.25, -0.2) is 4.79 Å². The minimum Gasteiger partial charge on any atom is -0.460 e. The molecule has 0 saturated heterocycles. The molecule has 4 heteroatoms. The van der Waals surface area contributed by atoms with Crippen molar-refractivity contribution in [3.05, 3.63) is 109 Å². The van der Waals surface area contributed by atoms with E-state index in [1.165, 1.54) is 51.0 Å². The maximum atomic E-state index is 11.8. The largest absolute Gasteiger partial charge is 0.460 e. The summed E-state index contributed by atoms with van der Waals surface area (Å²) in [5.74, 6) is -0.635. The molecular weight excluding hydrogens is 434 g/mol. The molecule has 0 spiro atoms. The van der Waals surface area contributed by atoms with Gasteiger partial charge in [-0.3, -0.25) is 4.79 Å². The van der Waals surface area contributed by atoms with Crippen molar-refractivity contribution in [1.29, 1.82) is 0 Å². The van der Waals surface area contributed by atoms with Crippen LogP contribution in [0.5, 0.6) is 0 Å². The molecule has 1 amide bonds. The van der Waals surface area contributed by atoms with Gasteiger partial charge in [-0.05, 0) is 25.0 Å². The predicted octanol–water partition coefficient (Wildman–Crippen LogP) is 7.44. The van der Waals surface area contributed by atoms with E-state index in [1.54, 1.807) is 36.4 Å². The lowest BCUT2D eigenvalue weighted by molar-refractivity contribution is -0.116.